The molecule has 1 amide bonds. The van der Waals surface area contributed by atoms with Crippen molar-refractivity contribution in [3.8, 4) is 0 Å². The number of carbonyl (C=O) groups excluding carboxylic acids is 1. The van der Waals surface area contributed by atoms with Crippen molar-refractivity contribution in [1.29, 1.82) is 0 Å². The van der Waals surface area contributed by atoms with Crippen molar-refractivity contribution in [2.75, 3.05) is 13.1 Å². The van der Waals surface area contributed by atoms with E-state index in [-0.39, 0.29) is 12.0 Å². The van der Waals surface area contributed by atoms with E-state index >= 15 is 0 Å². The van der Waals surface area contributed by atoms with E-state index in [0.717, 1.165) is 36.3 Å². The number of rotatable bonds is 3. The van der Waals surface area contributed by atoms with Crippen LogP contribution in [0.3, 0.4) is 0 Å². The second kappa shape index (κ2) is 6.93. The summed E-state index contributed by atoms with van der Waals surface area (Å²) in [5, 5.41) is 0. The van der Waals surface area contributed by atoms with Crippen LogP contribution in [0.4, 0.5) is 4.79 Å². The Bertz CT molecular complexity index is 862. The van der Waals surface area contributed by atoms with Crippen molar-refractivity contribution in [2.45, 2.75) is 25.4 Å². The van der Waals surface area contributed by atoms with Gasteiger partial charge in [-0.25, -0.2) is 9.78 Å². The Morgan fingerprint density at radius 2 is 2.12 bits per heavy atom. The summed E-state index contributed by atoms with van der Waals surface area (Å²) >= 11 is 0. The molecule has 1 aromatic carbocycles. The standard InChI is InChI=1S/C19H20N4O2/c24-19(25-14-15-5-2-1-3-6-15)22-9-4-7-16(13-22)18-21-12-17-11-20-8-10-23(17)18/h1-3,5-6,8,10-12,16H,4,7,9,13-14H2. The zero-order valence-corrected chi connectivity index (χ0v) is 13.9. The highest BCUT2D eigenvalue weighted by Crippen LogP contribution is 2.27. The molecule has 1 atom stereocenters. The molecule has 0 aliphatic carbocycles. The average Bonchev–Trinajstić information content (AvgIpc) is 3.11. The number of benzene rings is 1. The molecule has 128 valence electrons. The lowest BCUT2D eigenvalue weighted by atomic mass is 9.97. The van der Waals surface area contributed by atoms with Crippen LogP contribution in [0.5, 0.6) is 0 Å². The van der Waals surface area contributed by atoms with E-state index in [2.05, 4.69) is 14.4 Å². The highest BCUT2D eigenvalue weighted by molar-refractivity contribution is 5.67. The van der Waals surface area contributed by atoms with Crippen molar-refractivity contribution < 1.29 is 9.53 Å². The minimum atomic E-state index is -0.254. The molecule has 1 aliphatic heterocycles. The van der Waals surface area contributed by atoms with Gasteiger partial charge in [0.25, 0.3) is 0 Å². The zero-order chi connectivity index (χ0) is 17.1. The predicted molar refractivity (Wildman–Crippen MR) is 93.2 cm³/mol. The highest BCUT2D eigenvalue weighted by atomic mass is 16.6. The molecule has 4 rings (SSSR count). The molecule has 2 aromatic heterocycles. The first-order valence-corrected chi connectivity index (χ1v) is 8.54. The van der Waals surface area contributed by atoms with E-state index < -0.39 is 0 Å². The largest absolute Gasteiger partial charge is 0.445 e. The summed E-state index contributed by atoms with van der Waals surface area (Å²) in [5.74, 6) is 1.20. The number of amides is 1. The van der Waals surface area contributed by atoms with Gasteiger partial charge in [-0.15, -0.1) is 0 Å². The summed E-state index contributed by atoms with van der Waals surface area (Å²) in [7, 11) is 0. The molecule has 0 N–H and O–H groups in total. The third-order valence-electron chi connectivity index (χ3n) is 4.61. The van der Waals surface area contributed by atoms with Gasteiger partial charge in [0.05, 0.1) is 17.9 Å². The zero-order valence-electron chi connectivity index (χ0n) is 13.9. The molecule has 6 heteroatoms. The van der Waals surface area contributed by atoms with Gasteiger partial charge in [0, 0.05) is 31.4 Å². The highest BCUT2D eigenvalue weighted by Gasteiger charge is 2.28. The summed E-state index contributed by atoms with van der Waals surface area (Å²) in [6.45, 7) is 1.67. The number of nitrogens with zero attached hydrogens (tertiary/aromatic N) is 4. The molecule has 0 radical (unpaired) electrons. The Morgan fingerprint density at radius 3 is 3.00 bits per heavy atom. The van der Waals surface area contributed by atoms with Crippen LogP contribution in [0.25, 0.3) is 5.52 Å². The maximum absolute atomic E-state index is 12.4. The minimum Gasteiger partial charge on any atom is -0.445 e. The van der Waals surface area contributed by atoms with Crippen LogP contribution < -0.4 is 0 Å². The third kappa shape index (κ3) is 3.33. The second-order valence-corrected chi connectivity index (χ2v) is 6.31. The molecular formula is C19H20N4O2. The number of piperidine rings is 1. The summed E-state index contributed by atoms with van der Waals surface area (Å²) < 4.78 is 7.52. The predicted octanol–water partition coefficient (Wildman–Crippen LogP) is 3.25. The maximum Gasteiger partial charge on any atom is 0.410 e. The normalized spacial score (nSPS) is 17.6. The van der Waals surface area contributed by atoms with Crippen LogP contribution in [0, 0.1) is 0 Å². The molecule has 1 saturated heterocycles. The van der Waals surface area contributed by atoms with E-state index in [4.69, 9.17) is 4.74 Å². The second-order valence-electron chi connectivity index (χ2n) is 6.31. The van der Waals surface area contributed by atoms with Crippen LogP contribution >= 0.6 is 0 Å². The van der Waals surface area contributed by atoms with Gasteiger partial charge in [-0.05, 0) is 18.4 Å². The average molecular weight is 336 g/mol. The number of fused-ring (bicyclic) bond motifs is 1. The molecule has 3 heterocycles. The molecule has 0 saturated carbocycles. The molecule has 25 heavy (non-hydrogen) atoms. The number of likely N-dealkylation sites (tertiary alicyclic amines) is 1. The Labute approximate surface area is 146 Å². The quantitative estimate of drug-likeness (QED) is 0.737. The van der Waals surface area contributed by atoms with Crippen molar-refractivity contribution in [1.82, 2.24) is 19.3 Å². The molecule has 6 nitrogen and oxygen atoms in total. The Hall–Kier alpha value is -2.89. The van der Waals surface area contributed by atoms with Gasteiger partial charge < -0.3 is 14.0 Å². The number of carbonyl (C=O) groups is 1. The topological polar surface area (TPSA) is 59.7 Å². The molecule has 1 aliphatic rings. The Balaban J connectivity index is 1.43. The molecular weight excluding hydrogens is 316 g/mol. The van der Waals surface area contributed by atoms with Crippen LogP contribution in [-0.2, 0) is 11.3 Å². The first-order chi connectivity index (χ1) is 12.3. The fourth-order valence-electron chi connectivity index (χ4n) is 3.34. The van der Waals surface area contributed by atoms with Gasteiger partial charge in [-0.2, -0.15) is 0 Å². The summed E-state index contributed by atoms with van der Waals surface area (Å²) in [6, 6.07) is 9.75. The smallest absolute Gasteiger partial charge is 0.410 e. The lowest BCUT2D eigenvalue weighted by molar-refractivity contribution is 0.0853. The fraction of sp³-hybridized carbons (Fsp3) is 0.316. The van der Waals surface area contributed by atoms with Crippen LogP contribution in [0.15, 0.2) is 55.1 Å². The Morgan fingerprint density at radius 1 is 1.24 bits per heavy atom. The van der Waals surface area contributed by atoms with Crippen LogP contribution in [0.1, 0.15) is 30.1 Å². The number of ether oxygens (including phenoxy) is 1. The Kier molecular flexibility index (Phi) is 4.33. The molecule has 0 spiro atoms. The van der Waals surface area contributed by atoms with Gasteiger partial charge in [-0.1, -0.05) is 30.3 Å². The van der Waals surface area contributed by atoms with Gasteiger partial charge in [-0.3, -0.25) is 4.98 Å². The lowest BCUT2D eigenvalue weighted by Crippen LogP contribution is -2.39. The van der Waals surface area contributed by atoms with E-state index in [1.807, 2.05) is 42.7 Å². The van der Waals surface area contributed by atoms with Gasteiger partial charge in [0.15, 0.2) is 0 Å². The third-order valence-corrected chi connectivity index (χ3v) is 4.61. The molecule has 3 aromatic rings. The SMILES string of the molecule is O=C(OCc1ccccc1)N1CCCC(c2ncc3cnccn23)C1. The monoisotopic (exact) mass is 336 g/mol. The first kappa shape index (κ1) is 15.6. The maximum atomic E-state index is 12.4. The first-order valence-electron chi connectivity index (χ1n) is 8.54. The fourth-order valence-corrected chi connectivity index (χ4v) is 3.34. The van der Waals surface area contributed by atoms with Gasteiger partial charge in [0.2, 0.25) is 0 Å². The number of aromatic nitrogens is 3. The van der Waals surface area contributed by atoms with Crippen molar-refractivity contribution in [2.24, 2.45) is 0 Å². The van der Waals surface area contributed by atoms with E-state index in [1.54, 1.807) is 17.3 Å². The van der Waals surface area contributed by atoms with Gasteiger partial charge >= 0.3 is 6.09 Å². The number of hydrogen-bond donors (Lipinski definition) is 0. The van der Waals surface area contributed by atoms with Crippen LogP contribution in [-0.4, -0.2) is 38.5 Å². The van der Waals surface area contributed by atoms with Crippen molar-refractivity contribution >= 4 is 11.6 Å². The minimum absolute atomic E-state index is 0.211. The molecule has 1 unspecified atom stereocenters. The van der Waals surface area contributed by atoms with Crippen LogP contribution in [0.2, 0.25) is 0 Å². The summed E-state index contributed by atoms with van der Waals surface area (Å²) in [5.41, 5.74) is 1.97. The molecule has 0 bridgehead atoms. The number of imidazole rings is 1. The van der Waals surface area contributed by atoms with E-state index in [1.165, 1.54) is 0 Å². The molecule has 1 fully saturated rings. The van der Waals surface area contributed by atoms with E-state index in [9.17, 15) is 4.79 Å². The van der Waals surface area contributed by atoms with Crippen molar-refractivity contribution in [3.05, 3.63) is 66.5 Å². The van der Waals surface area contributed by atoms with Gasteiger partial charge in [0.1, 0.15) is 12.4 Å². The lowest BCUT2D eigenvalue weighted by Gasteiger charge is -2.31. The number of hydrogen-bond acceptors (Lipinski definition) is 4. The summed E-state index contributed by atoms with van der Waals surface area (Å²) in [4.78, 5) is 22.9. The van der Waals surface area contributed by atoms with Crippen molar-refractivity contribution in [3.63, 3.8) is 0 Å². The summed E-state index contributed by atoms with van der Waals surface area (Å²) in [6.07, 6.45) is 9.02. The van der Waals surface area contributed by atoms with E-state index in [0.29, 0.717) is 13.2 Å².